The maximum absolute atomic E-state index is 3.57. The lowest BCUT2D eigenvalue weighted by Crippen LogP contribution is -2.22. The van der Waals surface area contributed by atoms with E-state index in [0.717, 1.165) is 5.92 Å². The number of hydrogen-bond donors (Lipinski definition) is 1. The van der Waals surface area contributed by atoms with Gasteiger partial charge in [0.2, 0.25) is 0 Å². The lowest BCUT2D eigenvalue weighted by molar-refractivity contribution is 0.278. The Kier molecular flexibility index (Phi) is 3.06. The van der Waals surface area contributed by atoms with Gasteiger partial charge in [0.1, 0.15) is 0 Å². The minimum Gasteiger partial charge on any atom is -0.316 e. The molecule has 0 aromatic heterocycles. The maximum Gasteiger partial charge on any atom is 0.000840 e. The van der Waals surface area contributed by atoms with Gasteiger partial charge in [0.25, 0.3) is 0 Å². The van der Waals surface area contributed by atoms with Crippen molar-refractivity contribution in [3.63, 3.8) is 0 Å². The summed E-state index contributed by atoms with van der Waals surface area (Å²) >= 11 is 0. The Morgan fingerprint density at radius 3 is 2.69 bits per heavy atom. The Bertz CT molecular complexity index is 269. The smallest absolute Gasteiger partial charge is 0.000840 e. The number of allylic oxidation sites excluding steroid dienone is 2. The second-order valence-corrected chi connectivity index (χ2v) is 6.30. The molecule has 2 saturated carbocycles. The van der Waals surface area contributed by atoms with Crippen LogP contribution in [0.4, 0.5) is 0 Å². The first kappa shape index (κ1) is 10.8. The van der Waals surface area contributed by atoms with Gasteiger partial charge in [-0.3, -0.25) is 0 Å². The third-order valence-corrected chi connectivity index (χ3v) is 5.13. The topological polar surface area (TPSA) is 12.0 Å². The minimum atomic E-state index is 0.690. The van der Waals surface area contributed by atoms with Crippen LogP contribution in [0.5, 0.6) is 0 Å². The summed E-state index contributed by atoms with van der Waals surface area (Å²) in [5.41, 5.74) is 2.49. The first-order valence-corrected chi connectivity index (χ1v) is 7.27. The highest BCUT2D eigenvalue weighted by molar-refractivity contribution is 5.09. The van der Waals surface area contributed by atoms with Crippen molar-refractivity contribution in [2.75, 3.05) is 13.1 Å². The molecule has 1 aliphatic heterocycles. The monoisotopic (exact) mass is 219 g/mol. The molecule has 1 heteroatoms. The van der Waals surface area contributed by atoms with Crippen molar-refractivity contribution in [2.45, 2.75) is 57.8 Å². The Hall–Kier alpha value is -0.300. The molecule has 3 aliphatic rings. The maximum atomic E-state index is 3.57. The first-order chi connectivity index (χ1) is 7.86. The van der Waals surface area contributed by atoms with Crippen LogP contribution < -0.4 is 5.32 Å². The van der Waals surface area contributed by atoms with Gasteiger partial charge < -0.3 is 5.32 Å². The van der Waals surface area contributed by atoms with Crippen molar-refractivity contribution in [3.8, 4) is 0 Å². The van der Waals surface area contributed by atoms with Crippen LogP contribution in [0.3, 0.4) is 0 Å². The molecular formula is C15H25N. The molecule has 0 radical (unpaired) electrons. The van der Waals surface area contributed by atoms with E-state index in [2.05, 4.69) is 11.4 Å². The summed E-state index contributed by atoms with van der Waals surface area (Å²) in [6.45, 7) is 2.56. The Labute approximate surface area is 99.7 Å². The molecule has 3 rings (SSSR count). The van der Waals surface area contributed by atoms with E-state index in [-0.39, 0.29) is 0 Å². The molecule has 0 amide bonds. The van der Waals surface area contributed by atoms with Crippen LogP contribution in [-0.2, 0) is 0 Å². The van der Waals surface area contributed by atoms with Gasteiger partial charge in [-0.15, -0.1) is 0 Å². The molecule has 16 heavy (non-hydrogen) atoms. The largest absolute Gasteiger partial charge is 0.316 e. The summed E-state index contributed by atoms with van der Waals surface area (Å²) in [7, 11) is 0. The van der Waals surface area contributed by atoms with Gasteiger partial charge >= 0.3 is 0 Å². The van der Waals surface area contributed by atoms with E-state index in [0.29, 0.717) is 5.41 Å². The van der Waals surface area contributed by atoms with Crippen LogP contribution in [0.2, 0.25) is 0 Å². The fourth-order valence-corrected chi connectivity index (χ4v) is 3.69. The SMILES string of the molecule is C(=C1\CCCC2(CCNC2)CC1)/C1CCC1. The third kappa shape index (κ3) is 2.20. The molecule has 1 N–H and O–H groups in total. The lowest BCUT2D eigenvalue weighted by atomic mass is 9.79. The van der Waals surface area contributed by atoms with Gasteiger partial charge in [0.05, 0.1) is 0 Å². The third-order valence-electron chi connectivity index (χ3n) is 5.13. The highest BCUT2D eigenvalue weighted by atomic mass is 14.9. The Morgan fingerprint density at radius 1 is 1.06 bits per heavy atom. The highest BCUT2D eigenvalue weighted by Gasteiger charge is 2.34. The van der Waals surface area contributed by atoms with E-state index >= 15 is 0 Å². The normalized spacial score (nSPS) is 38.9. The summed E-state index contributed by atoms with van der Waals surface area (Å²) in [5.74, 6) is 0.964. The molecule has 0 aromatic rings. The minimum absolute atomic E-state index is 0.690. The Balaban J connectivity index is 1.61. The van der Waals surface area contributed by atoms with E-state index in [1.807, 2.05) is 0 Å². The van der Waals surface area contributed by atoms with Gasteiger partial charge in [0.15, 0.2) is 0 Å². The van der Waals surface area contributed by atoms with Crippen LogP contribution in [0, 0.1) is 11.3 Å². The van der Waals surface area contributed by atoms with Crippen molar-refractivity contribution >= 4 is 0 Å². The molecule has 1 heterocycles. The van der Waals surface area contributed by atoms with Crippen LogP contribution in [0.15, 0.2) is 11.6 Å². The van der Waals surface area contributed by atoms with Crippen LogP contribution in [-0.4, -0.2) is 13.1 Å². The fraction of sp³-hybridized carbons (Fsp3) is 0.867. The average Bonchev–Trinajstić information content (AvgIpc) is 2.57. The number of rotatable bonds is 1. The number of hydrogen-bond acceptors (Lipinski definition) is 1. The van der Waals surface area contributed by atoms with Crippen LogP contribution in [0.1, 0.15) is 57.8 Å². The van der Waals surface area contributed by atoms with E-state index < -0.39 is 0 Å². The van der Waals surface area contributed by atoms with Crippen molar-refractivity contribution in [3.05, 3.63) is 11.6 Å². The summed E-state index contributed by atoms with van der Waals surface area (Å²) in [6.07, 6.45) is 15.7. The first-order valence-electron chi connectivity index (χ1n) is 7.27. The fourth-order valence-electron chi connectivity index (χ4n) is 3.69. The molecule has 3 fully saturated rings. The quantitative estimate of drug-likeness (QED) is 0.664. The van der Waals surface area contributed by atoms with Gasteiger partial charge in [-0.25, -0.2) is 0 Å². The van der Waals surface area contributed by atoms with Crippen molar-refractivity contribution in [1.29, 1.82) is 0 Å². The summed E-state index contributed by atoms with van der Waals surface area (Å²) in [6, 6.07) is 0. The second kappa shape index (κ2) is 4.52. The molecule has 1 unspecified atom stereocenters. The van der Waals surface area contributed by atoms with Gasteiger partial charge in [-0.05, 0) is 69.2 Å². The van der Waals surface area contributed by atoms with E-state index in [9.17, 15) is 0 Å². The summed E-state index contributed by atoms with van der Waals surface area (Å²) in [5, 5.41) is 3.57. The molecule has 1 saturated heterocycles. The molecule has 0 bridgehead atoms. The molecule has 1 nitrogen and oxygen atoms in total. The molecule has 2 aliphatic carbocycles. The second-order valence-electron chi connectivity index (χ2n) is 6.30. The van der Waals surface area contributed by atoms with Crippen molar-refractivity contribution in [1.82, 2.24) is 5.32 Å². The predicted octanol–water partition coefficient (Wildman–Crippen LogP) is 3.66. The zero-order valence-electron chi connectivity index (χ0n) is 10.4. The molecule has 0 aromatic carbocycles. The molecule has 1 spiro atoms. The van der Waals surface area contributed by atoms with Gasteiger partial charge in [-0.1, -0.05) is 18.1 Å². The van der Waals surface area contributed by atoms with Gasteiger partial charge in [-0.2, -0.15) is 0 Å². The van der Waals surface area contributed by atoms with Gasteiger partial charge in [0, 0.05) is 6.54 Å². The number of nitrogens with one attached hydrogen (secondary N) is 1. The van der Waals surface area contributed by atoms with Crippen molar-refractivity contribution in [2.24, 2.45) is 11.3 Å². The summed E-state index contributed by atoms with van der Waals surface area (Å²) < 4.78 is 0. The highest BCUT2D eigenvalue weighted by Crippen LogP contribution is 2.42. The van der Waals surface area contributed by atoms with E-state index in [1.165, 1.54) is 70.9 Å². The predicted molar refractivity (Wildman–Crippen MR) is 68.4 cm³/mol. The standard InChI is InChI=1S/C15H25N/c1-3-13(4-1)11-14-5-2-7-15(8-6-14)9-10-16-12-15/h11,13,16H,1-10,12H2/b14-11-. The zero-order chi connectivity index (χ0) is 10.8. The summed E-state index contributed by atoms with van der Waals surface area (Å²) in [4.78, 5) is 0. The average molecular weight is 219 g/mol. The molecule has 90 valence electrons. The molecule has 1 atom stereocenters. The van der Waals surface area contributed by atoms with Crippen LogP contribution in [0.25, 0.3) is 0 Å². The molecular weight excluding hydrogens is 194 g/mol. The van der Waals surface area contributed by atoms with Crippen molar-refractivity contribution < 1.29 is 0 Å². The Morgan fingerprint density at radius 2 is 2.00 bits per heavy atom. The van der Waals surface area contributed by atoms with E-state index in [1.54, 1.807) is 5.57 Å². The van der Waals surface area contributed by atoms with Crippen LogP contribution >= 0.6 is 0 Å². The van der Waals surface area contributed by atoms with E-state index in [4.69, 9.17) is 0 Å². The lowest BCUT2D eigenvalue weighted by Gasteiger charge is -2.26. The zero-order valence-corrected chi connectivity index (χ0v) is 10.4.